The van der Waals surface area contributed by atoms with Crippen LogP contribution in [0.4, 0.5) is 11.5 Å². The van der Waals surface area contributed by atoms with Crippen molar-refractivity contribution in [3.05, 3.63) is 32.8 Å². The van der Waals surface area contributed by atoms with Crippen molar-refractivity contribution >= 4 is 38.8 Å². The largest absolute Gasteiger partial charge is 0.397 e. The third-order valence-electron chi connectivity index (χ3n) is 2.19. The quantitative estimate of drug-likeness (QED) is 0.914. The van der Waals surface area contributed by atoms with E-state index in [2.05, 4.69) is 31.2 Å². The summed E-state index contributed by atoms with van der Waals surface area (Å²) in [5.74, 6) is 0.793. The average molecular weight is 299 g/mol. The molecule has 0 fully saturated rings. The van der Waals surface area contributed by atoms with E-state index in [-0.39, 0.29) is 0 Å². The molecule has 6 heteroatoms. The van der Waals surface area contributed by atoms with Crippen LogP contribution in [0.2, 0.25) is 0 Å². The van der Waals surface area contributed by atoms with Crippen molar-refractivity contribution in [2.24, 2.45) is 0 Å². The highest BCUT2D eigenvalue weighted by molar-refractivity contribution is 9.10. The summed E-state index contributed by atoms with van der Waals surface area (Å²) in [7, 11) is 0. The topological polar surface area (TPSA) is 63.8 Å². The Morgan fingerprint density at radius 2 is 2.31 bits per heavy atom. The van der Waals surface area contributed by atoms with E-state index in [1.807, 2.05) is 12.3 Å². The number of pyridine rings is 1. The molecule has 0 bridgehead atoms. The van der Waals surface area contributed by atoms with Crippen LogP contribution < -0.4 is 11.1 Å². The number of thiazole rings is 1. The summed E-state index contributed by atoms with van der Waals surface area (Å²) in [6, 6.07) is 0. The van der Waals surface area contributed by atoms with Crippen LogP contribution in [0.25, 0.3) is 0 Å². The second-order valence-electron chi connectivity index (χ2n) is 3.28. The van der Waals surface area contributed by atoms with Crippen LogP contribution in [0.5, 0.6) is 0 Å². The summed E-state index contributed by atoms with van der Waals surface area (Å²) in [6.07, 6.45) is 3.45. The Balaban J connectivity index is 2.13. The van der Waals surface area contributed by atoms with Crippen molar-refractivity contribution in [2.45, 2.75) is 13.5 Å². The Morgan fingerprint density at radius 1 is 1.50 bits per heavy atom. The fourth-order valence-electron chi connectivity index (χ4n) is 1.21. The molecular weight excluding hydrogens is 288 g/mol. The Labute approximate surface area is 106 Å². The van der Waals surface area contributed by atoms with Gasteiger partial charge in [-0.05, 0) is 28.4 Å². The molecule has 0 aliphatic heterocycles. The first-order valence-corrected chi connectivity index (χ1v) is 6.38. The summed E-state index contributed by atoms with van der Waals surface area (Å²) in [5.41, 5.74) is 7.43. The van der Waals surface area contributed by atoms with Crippen LogP contribution in [0, 0.1) is 6.92 Å². The van der Waals surface area contributed by atoms with Crippen molar-refractivity contribution in [1.82, 2.24) is 9.97 Å². The lowest BCUT2D eigenvalue weighted by molar-refractivity contribution is 1.07. The van der Waals surface area contributed by atoms with Gasteiger partial charge in [0.05, 0.1) is 22.9 Å². The predicted molar refractivity (Wildman–Crippen MR) is 70.5 cm³/mol. The van der Waals surface area contributed by atoms with Crippen molar-refractivity contribution in [3.8, 4) is 0 Å². The molecule has 0 unspecified atom stereocenters. The summed E-state index contributed by atoms with van der Waals surface area (Å²) in [4.78, 5) is 8.42. The zero-order chi connectivity index (χ0) is 11.5. The van der Waals surface area contributed by atoms with Gasteiger partial charge in [-0.2, -0.15) is 0 Å². The van der Waals surface area contributed by atoms with Crippen molar-refractivity contribution < 1.29 is 0 Å². The van der Waals surface area contributed by atoms with E-state index in [0.717, 1.165) is 20.9 Å². The fraction of sp³-hybridized carbons (Fsp3) is 0.200. The first-order chi connectivity index (χ1) is 7.68. The molecule has 2 rings (SSSR count). The van der Waals surface area contributed by atoms with Crippen LogP contribution in [-0.4, -0.2) is 9.97 Å². The monoisotopic (exact) mass is 298 g/mol. The molecule has 0 amide bonds. The molecule has 0 aliphatic carbocycles. The van der Waals surface area contributed by atoms with E-state index >= 15 is 0 Å². The van der Waals surface area contributed by atoms with Gasteiger partial charge in [0, 0.05) is 11.6 Å². The van der Waals surface area contributed by atoms with E-state index in [1.54, 1.807) is 23.7 Å². The molecule has 16 heavy (non-hydrogen) atoms. The number of nitrogens with one attached hydrogen (secondary N) is 1. The van der Waals surface area contributed by atoms with Crippen LogP contribution in [-0.2, 0) is 6.54 Å². The minimum absolute atomic E-state index is 0.673. The highest BCUT2D eigenvalue weighted by Gasteiger charge is 2.07. The lowest BCUT2D eigenvalue weighted by Gasteiger charge is -2.09. The molecule has 0 radical (unpaired) electrons. The number of anilines is 2. The summed E-state index contributed by atoms with van der Waals surface area (Å²) < 4.78 is 0.907. The number of nitrogen functional groups attached to an aromatic ring is 1. The smallest absolute Gasteiger partial charge is 0.141 e. The van der Waals surface area contributed by atoms with Gasteiger partial charge in [0.25, 0.3) is 0 Å². The molecule has 0 saturated carbocycles. The normalized spacial score (nSPS) is 10.4. The molecule has 0 spiro atoms. The molecule has 0 aromatic carbocycles. The van der Waals surface area contributed by atoms with Crippen LogP contribution in [0.1, 0.15) is 10.6 Å². The highest BCUT2D eigenvalue weighted by atomic mass is 79.9. The van der Waals surface area contributed by atoms with E-state index in [9.17, 15) is 0 Å². The minimum Gasteiger partial charge on any atom is -0.397 e. The molecule has 3 N–H and O–H groups in total. The van der Waals surface area contributed by atoms with E-state index < -0.39 is 0 Å². The van der Waals surface area contributed by atoms with Gasteiger partial charge >= 0.3 is 0 Å². The van der Waals surface area contributed by atoms with Crippen LogP contribution >= 0.6 is 27.3 Å². The molecular formula is C10H11BrN4S. The zero-order valence-corrected chi connectivity index (χ0v) is 11.1. The molecule has 2 aromatic heterocycles. The summed E-state index contributed by atoms with van der Waals surface area (Å²) in [6.45, 7) is 2.63. The standard InChI is InChI=1S/C10H11BrN4S/c1-6-7(12)4-14-10(9(6)11)15-5-8-13-2-3-16-8/h2-4H,5,12H2,1H3,(H,14,15). The number of halogens is 1. The first-order valence-electron chi connectivity index (χ1n) is 4.71. The average Bonchev–Trinajstić information content (AvgIpc) is 2.78. The van der Waals surface area contributed by atoms with Gasteiger partial charge in [-0.1, -0.05) is 0 Å². The third kappa shape index (κ3) is 2.33. The molecule has 0 atom stereocenters. The maximum Gasteiger partial charge on any atom is 0.141 e. The SMILES string of the molecule is Cc1c(N)cnc(NCc2nccs2)c1Br. The fourth-order valence-corrected chi connectivity index (χ4v) is 2.24. The van der Waals surface area contributed by atoms with E-state index in [4.69, 9.17) is 5.73 Å². The number of aromatic nitrogens is 2. The van der Waals surface area contributed by atoms with Crippen molar-refractivity contribution in [3.63, 3.8) is 0 Å². The molecule has 0 aliphatic rings. The Morgan fingerprint density at radius 3 is 3.00 bits per heavy atom. The Hall–Kier alpha value is -1.14. The second kappa shape index (κ2) is 4.80. The zero-order valence-electron chi connectivity index (χ0n) is 8.70. The van der Waals surface area contributed by atoms with E-state index in [1.165, 1.54) is 0 Å². The van der Waals surface area contributed by atoms with Crippen molar-refractivity contribution in [2.75, 3.05) is 11.1 Å². The van der Waals surface area contributed by atoms with Gasteiger partial charge in [-0.3, -0.25) is 0 Å². The van der Waals surface area contributed by atoms with Crippen LogP contribution in [0.15, 0.2) is 22.2 Å². The lowest BCUT2D eigenvalue weighted by Crippen LogP contribution is -2.04. The number of nitrogens with two attached hydrogens (primary N) is 1. The van der Waals surface area contributed by atoms with Gasteiger partial charge < -0.3 is 11.1 Å². The van der Waals surface area contributed by atoms with Gasteiger partial charge in [0.15, 0.2) is 0 Å². The third-order valence-corrected chi connectivity index (χ3v) is 3.94. The number of nitrogens with zero attached hydrogens (tertiary/aromatic N) is 2. The maximum atomic E-state index is 5.75. The van der Waals surface area contributed by atoms with E-state index in [0.29, 0.717) is 12.2 Å². The molecule has 0 saturated heterocycles. The number of hydrogen-bond acceptors (Lipinski definition) is 5. The molecule has 84 valence electrons. The van der Waals surface area contributed by atoms with Gasteiger partial charge in [-0.15, -0.1) is 11.3 Å². The Bertz CT molecular complexity index is 484. The predicted octanol–water partition coefficient (Wildman–Crippen LogP) is 2.80. The van der Waals surface area contributed by atoms with Crippen molar-refractivity contribution in [1.29, 1.82) is 0 Å². The molecule has 2 heterocycles. The molecule has 2 aromatic rings. The second-order valence-corrected chi connectivity index (χ2v) is 5.05. The maximum absolute atomic E-state index is 5.75. The first kappa shape index (κ1) is 11.3. The lowest BCUT2D eigenvalue weighted by atomic mass is 10.2. The highest BCUT2D eigenvalue weighted by Crippen LogP contribution is 2.27. The van der Waals surface area contributed by atoms with Gasteiger partial charge in [0.1, 0.15) is 10.8 Å². The summed E-state index contributed by atoms with van der Waals surface area (Å²) in [5, 5.41) is 6.20. The molecule has 4 nitrogen and oxygen atoms in total. The van der Waals surface area contributed by atoms with Gasteiger partial charge in [-0.25, -0.2) is 9.97 Å². The minimum atomic E-state index is 0.673. The Kier molecular flexibility index (Phi) is 3.40. The number of rotatable bonds is 3. The number of hydrogen-bond donors (Lipinski definition) is 2. The van der Waals surface area contributed by atoms with Gasteiger partial charge in [0.2, 0.25) is 0 Å². The summed E-state index contributed by atoms with van der Waals surface area (Å²) >= 11 is 5.09. The van der Waals surface area contributed by atoms with Crippen LogP contribution in [0.3, 0.4) is 0 Å².